The minimum absolute atomic E-state index is 0.141. The van der Waals surface area contributed by atoms with Crippen molar-refractivity contribution in [3.05, 3.63) is 28.8 Å². The fourth-order valence-electron chi connectivity index (χ4n) is 1.24. The zero-order valence-electron chi connectivity index (χ0n) is 8.94. The third-order valence-corrected chi connectivity index (χ3v) is 2.26. The van der Waals surface area contributed by atoms with Crippen LogP contribution in [0.5, 0.6) is 5.75 Å². The lowest BCUT2D eigenvalue weighted by molar-refractivity contribution is -0.118. The van der Waals surface area contributed by atoms with E-state index < -0.39 is 12.0 Å². The van der Waals surface area contributed by atoms with Crippen LogP contribution in [0.2, 0.25) is 5.02 Å². The van der Waals surface area contributed by atoms with E-state index in [9.17, 15) is 9.90 Å². The van der Waals surface area contributed by atoms with E-state index in [-0.39, 0.29) is 13.0 Å². The molecule has 0 aliphatic heterocycles. The molecule has 0 bridgehead atoms. The van der Waals surface area contributed by atoms with Crippen molar-refractivity contribution in [3.63, 3.8) is 0 Å². The molecular formula is C11H14ClNO3. The first-order chi connectivity index (χ1) is 7.50. The number of amides is 1. The maximum atomic E-state index is 10.5. The van der Waals surface area contributed by atoms with Crippen LogP contribution in [0.1, 0.15) is 25.0 Å². The molecule has 1 rings (SSSR count). The first-order valence-corrected chi connectivity index (χ1v) is 5.27. The summed E-state index contributed by atoms with van der Waals surface area (Å²) in [5.74, 6) is 0.0909. The van der Waals surface area contributed by atoms with Gasteiger partial charge < -0.3 is 15.6 Å². The Labute approximate surface area is 99.0 Å². The summed E-state index contributed by atoms with van der Waals surface area (Å²) in [6.45, 7) is 1.81. The first kappa shape index (κ1) is 12.8. The van der Waals surface area contributed by atoms with Gasteiger partial charge in [-0.1, -0.05) is 11.6 Å². The van der Waals surface area contributed by atoms with Gasteiger partial charge in [-0.25, -0.2) is 0 Å². The highest BCUT2D eigenvalue weighted by Gasteiger charge is 2.10. The van der Waals surface area contributed by atoms with E-state index in [2.05, 4.69) is 0 Å². The molecule has 0 saturated carbocycles. The third kappa shape index (κ3) is 3.72. The van der Waals surface area contributed by atoms with Crippen molar-refractivity contribution in [2.24, 2.45) is 5.73 Å². The lowest BCUT2D eigenvalue weighted by Gasteiger charge is -2.13. The lowest BCUT2D eigenvalue weighted by atomic mass is 10.1. The Morgan fingerprint density at radius 2 is 2.31 bits per heavy atom. The van der Waals surface area contributed by atoms with Crippen molar-refractivity contribution in [1.29, 1.82) is 0 Å². The van der Waals surface area contributed by atoms with Crippen LogP contribution < -0.4 is 10.5 Å². The summed E-state index contributed by atoms with van der Waals surface area (Å²) in [7, 11) is 0. The molecule has 0 aromatic heterocycles. The molecule has 0 heterocycles. The lowest BCUT2D eigenvalue weighted by Crippen LogP contribution is -2.15. The highest BCUT2D eigenvalue weighted by Crippen LogP contribution is 2.28. The second-order valence-corrected chi connectivity index (χ2v) is 3.86. The molecule has 88 valence electrons. The quantitative estimate of drug-likeness (QED) is 0.826. The molecule has 1 atom stereocenters. The van der Waals surface area contributed by atoms with Crippen molar-refractivity contribution < 1.29 is 14.6 Å². The van der Waals surface area contributed by atoms with Crippen molar-refractivity contribution in [1.82, 2.24) is 0 Å². The molecule has 0 radical (unpaired) electrons. The summed E-state index contributed by atoms with van der Waals surface area (Å²) in [5.41, 5.74) is 5.58. The van der Waals surface area contributed by atoms with E-state index in [1.54, 1.807) is 25.1 Å². The van der Waals surface area contributed by atoms with Gasteiger partial charge in [0, 0.05) is 10.6 Å². The van der Waals surface area contributed by atoms with Crippen LogP contribution in [0.25, 0.3) is 0 Å². The molecule has 1 aromatic rings. The van der Waals surface area contributed by atoms with Crippen LogP contribution in [0.15, 0.2) is 18.2 Å². The second-order valence-electron chi connectivity index (χ2n) is 3.42. The van der Waals surface area contributed by atoms with Crippen molar-refractivity contribution in [2.45, 2.75) is 19.4 Å². The number of halogens is 1. The van der Waals surface area contributed by atoms with E-state index in [0.717, 1.165) is 0 Å². The number of carbonyl (C=O) groups excluding carboxylic acids is 1. The van der Waals surface area contributed by atoms with Crippen LogP contribution in [0, 0.1) is 0 Å². The molecule has 0 unspecified atom stereocenters. The molecule has 0 spiro atoms. The predicted octanol–water partition coefficient (Wildman–Crippen LogP) is 1.65. The van der Waals surface area contributed by atoms with Crippen LogP contribution in [0.4, 0.5) is 0 Å². The Hall–Kier alpha value is -1.26. The van der Waals surface area contributed by atoms with Gasteiger partial charge in [-0.2, -0.15) is 0 Å². The Balaban J connectivity index is 2.74. The van der Waals surface area contributed by atoms with Gasteiger partial charge in [0.05, 0.1) is 19.1 Å². The Kier molecular flexibility index (Phi) is 4.58. The SMILES string of the molecule is C[C@@H](O)c1cc(Cl)ccc1OCCC(N)=O. The van der Waals surface area contributed by atoms with Crippen molar-refractivity contribution in [3.8, 4) is 5.75 Å². The molecule has 16 heavy (non-hydrogen) atoms. The van der Waals surface area contributed by atoms with Gasteiger partial charge in [-0.3, -0.25) is 4.79 Å². The van der Waals surface area contributed by atoms with E-state index in [1.165, 1.54) is 0 Å². The smallest absolute Gasteiger partial charge is 0.220 e. The average molecular weight is 244 g/mol. The van der Waals surface area contributed by atoms with Crippen molar-refractivity contribution in [2.75, 3.05) is 6.61 Å². The van der Waals surface area contributed by atoms with Gasteiger partial charge in [-0.05, 0) is 25.1 Å². The molecular weight excluding hydrogens is 230 g/mol. The zero-order chi connectivity index (χ0) is 12.1. The number of primary amides is 1. The fraction of sp³-hybridized carbons (Fsp3) is 0.364. The van der Waals surface area contributed by atoms with Crippen LogP contribution in [-0.2, 0) is 4.79 Å². The third-order valence-electron chi connectivity index (χ3n) is 2.03. The minimum Gasteiger partial charge on any atom is -0.493 e. The van der Waals surface area contributed by atoms with Gasteiger partial charge in [0.1, 0.15) is 5.75 Å². The standard InChI is InChI=1S/C11H14ClNO3/c1-7(14)9-6-8(12)2-3-10(9)16-5-4-11(13)15/h2-3,6-7,14H,4-5H2,1H3,(H2,13,15)/t7-/m1/s1. The summed E-state index contributed by atoms with van der Waals surface area (Å²) < 4.78 is 5.34. The maximum absolute atomic E-state index is 10.5. The van der Waals surface area contributed by atoms with E-state index in [0.29, 0.717) is 16.3 Å². The first-order valence-electron chi connectivity index (χ1n) is 4.89. The van der Waals surface area contributed by atoms with Crippen molar-refractivity contribution >= 4 is 17.5 Å². The maximum Gasteiger partial charge on any atom is 0.220 e. The molecule has 4 nitrogen and oxygen atoms in total. The minimum atomic E-state index is -0.678. The summed E-state index contributed by atoms with van der Waals surface area (Å²) in [6.07, 6.45) is -0.538. The number of aliphatic hydroxyl groups is 1. The molecule has 0 saturated heterocycles. The van der Waals surface area contributed by atoms with Gasteiger partial charge >= 0.3 is 0 Å². The van der Waals surface area contributed by atoms with E-state index in [4.69, 9.17) is 22.1 Å². The molecule has 3 N–H and O–H groups in total. The molecule has 0 fully saturated rings. The molecule has 1 amide bonds. The topological polar surface area (TPSA) is 72.6 Å². The average Bonchev–Trinajstić information content (AvgIpc) is 2.19. The predicted molar refractivity (Wildman–Crippen MR) is 61.4 cm³/mol. The Morgan fingerprint density at radius 3 is 2.88 bits per heavy atom. The van der Waals surface area contributed by atoms with E-state index >= 15 is 0 Å². The van der Waals surface area contributed by atoms with E-state index in [1.807, 2.05) is 0 Å². The van der Waals surface area contributed by atoms with Crippen LogP contribution >= 0.6 is 11.6 Å². The molecule has 5 heteroatoms. The summed E-state index contributed by atoms with van der Waals surface area (Å²) in [4.78, 5) is 10.5. The number of ether oxygens (including phenoxy) is 1. The Morgan fingerprint density at radius 1 is 1.62 bits per heavy atom. The number of benzene rings is 1. The summed E-state index contributed by atoms with van der Waals surface area (Å²) >= 11 is 5.80. The largest absolute Gasteiger partial charge is 0.493 e. The van der Waals surface area contributed by atoms with Crippen LogP contribution in [-0.4, -0.2) is 17.6 Å². The zero-order valence-corrected chi connectivity index (χ0v) is 9.70. The molecule has 0 aliphatic carbocycles. The molecule has 1 aromatic carbocycles. The summed E-state index contributed by atoms with van der Waals surface area (Å²) in [6, 6.07) is 4.95. The number of hydrogen-bond acceptors (Lipinski definition) is 3. The van der Waals surface area contributed by atoms with Gasteiger partial charge in [0.2, 0.25) is 5.91 Å². The molecule has 0 aliphatic rings. The number of aliphatic hydroxyl groups excluding tert-OH is 1. The van der Waals surface area contributed by atoms with Crippen LogP contribution in [0.3, 0.4) is 0 Å². The van der Waals surface area contributed by atoms with Gasteiger partial charge in [0.25, 0.3) is 0 Å². The highest BCUT2D eigenvalue weighted by molar-refractivity contribution is 6.30. The fourth-order valence-corrected chi connectivity index (χ4v) is 1.42. The van der Waals surface area contributed by atoms with Gasteiger partial charge in [-0.15, -0.1) is 0 Å². The number of carbonyl (C=O) groups is 1. The number of hydrogen-bond donors (Lipinski definition) is 2. The number of nitrogens with two attached hydrogens (primary N) is 1. The second kappa shape index (κ2) is 5.72. The highest BCUT2D eigenvalue weighted by atomic mass is 35.5. The monoisotopic (exact) mass is 243 g/mol. The normalized spacial score (nSPS) is 12.2. The van der Waals surface area contributed by atoms with Gasteiger partial charge in [0.15, 0.2) is 0 Å². The number of rotatable bonds is 5. The Bertz CT molecular complexity index is 379. The summed E-state index contributed by atoms with van der Waals surface area (Å²) in [5, 5.41) is 10.0.